The summed E-state index contributed by atoms with van der Waals surface area (Å²) in [6.45, 7) is 6.57. The number of nitrogens with two attached hydrogens (primary N) is 1. The minimum Gasteiger partial charge on any atom is -0.375 e. The second-order valence-corrected chi connectivity index (χ2v) is 11.9. The molecule has 0 radical (unpaired) electrons. The van der Waals surface area contributed by atoms with E-state index < -0.39 is 0 Å². The molecule has 9 heteroatoms. The zero-order chi connectivity index (χ0) is 26.5. The maximum absolute atomic E-state index is 13.0. The summed E-state index contributed by atoms with van der Waals surface area (Å²) in [7, 11) is 0. The number of carbonyl (C=O) groups is 1. The van der Waals surface area contributed by atoms with Gasteiger partial charge in [-0.15, -0.1) is 11.3 Å². The third kappa shape index (κ3) is 6.43. The fourth-order valence-corrected chi connectivity index (χ4v) is 6.93. The van der Waals surface area contributed by atoms with Gasteiger partial charge in [0.25, 0.3) is 5.91 Å². The molecule has 0 saturated heterocycles. The highest BCUT2D eigenvalue weighted by molar-refractivity contribution is 7.15. The average molecular weight is 537 g/mol. The van der Waals surface area contributed by atoms with E-state index >= 15 is 0 Å². The molecule has 8 nitrogen and oxygen atoms in total. The quantitative estimate of drug-likeness (QED) is 0.362. The van der Waals surface area contributed by atoms with E-state index in [0.717, 1.165) is 50.3 Å². The first kappa shape index (κ1) is 26.8. The number of benzene rings is 1. The van der Waals surface area contributed by atoms with Crippen molar-refractivity contribution >= 4 is 22.4 Å². The average Bonchev–Trinajstić information content (AvgIpc) is 3.57. The fraction of sp³-hybridized carbons (Fsp3) is 0.586. The Morgan fingerprint density at radius 3 is 2.76 bits per heavy atom. The second kappa shape index (κ2) is 12.4. The van der Waals surface area contributed by atoms with Gasteiger partial charge in [0.15, 0.2) is 5.13 Å². The summed E-state index contributed by atoms with van der Waals surface area (Å²) in [5.41, 5.74) is 8.63. The van der Waals surface area contributed by atoms with E-state index in [4.69, 9.17) is 10.3 Å². The minimum absolute atomic E-state index is 0.0241. The molecule has 2 aromatic heterocycles. The number of carbonyl (C=O) groups excluding carboxylic acids is 1. The zero-order valence-electron chi connectivity index (χ0n) is 22.6. The number of nitrogen functional groups attached to an aromatic ring is 1. The van der Waals surface area contributed by atoms with Crippen molar-refractivity contribution in [3.05, 3.63) is 46.3 Å². The predicted molar refractivity (Wildman–Crippen MR) is 151 cm³/mol. The summed E-state index contributed by atoms with van der Waals surface area (Å²) < 4.78 is 5.23. The van der Waals surface area contributed by atoms with Crippen molar-refractivity contribution in [2.24, 2.45) is 5.92 Å². The van der Waals surface area contributed by atoms with Gasteiger partial charge in [-0.1, -0.05) is 31.1 Å². The third-order valence-electron chi connectivity index (χ3n) is 8.12. The molecule has 0 aliphatic heterocycles. The molecule has 0 unspecified atom stereocenters. The second-order valence-electron chi connectivity index (χ2n) is 10.8. The van der Waals surface area contributed by atoms with Crippen molar-refractivity contribution in [3.63, 3.8) is 0 Å². The van der Waals surface area contributed by atoms with Crippen LogP contribution in [0.25, 0.3) is 11.4 Å². The van der Waals surface area contributed by atoms with E-state index in [9.17, 15) is 4.79 Å². The first-order valence-electron chi connectivity index (χ1n) is 14.2. The number of hydrogen-bond donors (Lipinski definition) is 2. The Labute approximate surface area is 229 Å². The molecule has 204 valence electrons. The van der Waals surface area contributed by atoms with Crippen molar-refractivity contribution in [1.29, 1.82) is 0 Å². The molecule has 3 aromatic rings. The molecular formula is C29H40N6O2S. The Bertz CT molecular complexity index is 1220. The van der Waals surface area contributed by atoms with E-state index in [2.05, 4.69) is 32.3 Å². The molecule has 1 aromatic carbocycles. The van der Waals surface area contributed by atoms with Crippen LogP contribution in [-0.2, 0) is 19.3 Å². The number of nitrogens with one attached hydrogen (secondary N) is 1. The third-order valence-corrected chi connectivity index (χ3v) is 9.07. The monoisotopic (exact) mass is 536 g/mol. The lowest BCUT2D eigenvalue weighted by Crippen LogP contribution is -2.41. The highest BCUT2D eigenvalue weighted by Crippen LogP contribution is 2.32. The number of nitrogens with zero attached hydrogens (tertiary/aromatic N) is 4. The van der Waals surface area contributed by atoms with Crippen LogP contribution in [0, 0.1) is 5.92 Å². The first-order chi connectivity index (χ1) is 18.5. The molecule has 2 heterocycles. The molecule has 1 amide bonds. The van der Waals surface area contributed by atoms with Crippen LogP contribution in [-0.4, -0.2) is 51.1 Å². The van der Waals surface area contributed by atoms with E-state index in [0.29, 0.717) is 34.9 Å². The van der Waals surface area contributed by atoms with Gasteiger partial charge in [-0.2, -0.15) is 4.98 Å². The summed E-state index contributed by atoms with van der Waals surface area (Å²) in [5, 5.41) is 8.02. The van der Waals surface area contributed by atoms with Crippen molar-refractivity contribution in [2.45, 2.75) is 90.1 Å². The first-order valence-corrected chi connectivity index (χ1v) is 15.1. The standard InChI is InChI=1S/C29H40N6O2S/c1-3-15-35(23-12-13-24-25(18-23)38-29(30)32-24)16-14-19-8-10-22(11-9-19)31-28(36)21-7-5-6-20(17-21)27-33-26(4-2)37-34-27/h5-7,17,19,22-23H,3-4,8-16,18H2,1-2H3,(H2,30,32)(H,31,36)/t19?,22?,23-/m1/s1. The number of thiazole rings is 1. The van der Waals surface area contributed by atoms with Gasteiger partial charge in [0, 0.05) is 34.5 Å². The summed E-state index contributed by atoms with van der Waals surface area (Å²) in [6, 6.07) is 8.33. The van der Waals surface area contributed by atoms with Crippen molar-refractivity contribution in [3.8, 4) is 11.4 Å². The van der Waals surface area contributed by atoms with Gasteiger partial charge >= 0.3 is 0 Å². The van der Waals surface area contributed by atoms with Gasteiger partial charge in [-0.05, 0) is 88.9 Å². The Balaban J connectivity index is 1.09. The molecule has 1 atom stereocenters. The maximum Gasteiger partial charge on any atom is 0.251 e. The van der Waals surface area contributed by atoms with Crippen LogP contribution in [0.1, 0.15) is 85.6 Å². The van der Waals surface area contributed by atoms with E-state index in [-0.39, 0.29) is 11.9 Å². The minimum atomic E-state index is -0.0241. The van der Waals surface area contributed by atoms with Crippen LogP contribution in [0.4, 0.5) is 5.13 Å². The summed E-state index contributed by atoms with van der Waals surface area (Å²) in [6.07, 6.45) is 10.9. The van der Waals surface area contributed by atoms with Crippen LogP contribution in [0.5, 0.6) is 0 Å². The molecular weight excluding hydrogens is 496 g/mol. The normalized spacial score (nSPS) is 21.4. The number of rotatable bonds is 10. The largest absolute Gasteiger partial charge is 0.375 e. The van der Waals surface area contributed by atoms with Crippen LogP contribution in [0.2, 0.25) is 0 Å². The summed E-state index contributed by atoms with van der Waals surface area (Å²) in [4.78, 5) is 26.0. The fourth-order valence-electron chi connectivity index (χ4n) is 5.98. The number of anilines is 1. The van der Waals surface area contributed by atoms with E-state index in [1.165, 1.54) is 42.7 Å². The number of amides is 1. The van der Waals surface area contributed by atoms with Crippen LogP contribution in [0.3, 0.4) is 0 Å². The van der Waals surface area contributed by atoms with Gasteiger partial charge in [0.05, 0.1) is 5.69 Å². The van der Waals surface area contributed by atoms with Crippen molar-refractivity contribution in [1.82, 2.24) is 25.3 Å². The number of aromatic nitrogens is 3. The van der Waals surface area contributed by atoms with Gasteiger partial charge in [-0.25, -0.2) is 4.98 Å². The SMILES string of the molecule is CCCN(CCC1CCC(NC(=O)c2cccc(-c3noc(CC)n3)c2)CC1)[C@@H]1CCc2nc(N)sc2C1. The molecule has 2 aliphatic rings. The molecule has 3 N–H and O–H groups in total. The topological polar surface area (TPSA) is 110 Å². The Kier molecular flexibility index (Phi) is 8.74. The Morgan fingerprint density at radius 1 is 1.16 bits per heavy atom. The van der Waals surface area contributed by atoms with Gasteiger partial charge in [0.1, 0.15) is 0 Å². The van der Waals surface area contributed by atoms with Crippen LogP contribution < -0.4 is 11.1 Å². The van der Waals surface area contributed by atoms with Crippen LogP contribution >= 0.6 is 11.3 Å². The lowest BCUT2D eigenvalue weighted by Gasteiger charge is -2.36. The molecule has 0 bridgehead atoms. The van der Waals surface area contributed by atoms with Crippen molar-refractivity contribution in [2.75, 3.05) is 18.8 Å². The summed E-state index contributed by atoms with van der Waals surface area (Å²) in [5.74, 6) is 1.83. The smallest absolute Gasteiger partial charge is 0.251 e. The Hall–Kier alpha value is -2.78. The zero-order valence-corrected chi connectivity index (χ0v) is 23.4. The van der Waals surface area contributed by atoms with Gasteiger partial charge in [0.2, 0.25) is 11.7 Å². The van der Waals surface area contributed by atoms with Crippen molar-refractivity contribution < 1.29 is 9.32 Å². The van der Waals surface area contributed by atoms with Gasteiger partial charge in [-0.3, -0.25) is 4.79 Å². The lowest BCUT2D eigenvalue weighted by molar-refractivity contribution is 0.0918. The molecule has 5 rings (SSSR count). The number of aryl methyl sites for hydroxylation is 2. The molecule has 0 spiro atoms. The molecule has 1 saturated carbocycles. The molecule has 1 fully saturated rings. The van der Waals surface area contributed by atoms with Crippen LogP contribution in [0.15, 0.2) is 28.8 Å². The summed E-state index contributed by atoms with van der Waals surface area (Å²) >= 11 is 1.68. The number of hydrogen-bond acceptors (Lipinski definition) is 8. The number of fused-ring (bicyclic) bond motifs is 1. The molecule has 2 aliphatic carbocycles. The highest BCUT2D eigenvalue weighted by atomic mass is 32.1. The van der Waals surface area contributed by atoms with Gasteiger partial charge < -0.3 is 20.5 Å². The van der Waals surface area contributed by atoms with E-state index in [1.54, 1.807) is 11.3 Å². The highest BCUT2D eigenvalue weighted by Gasteiger charge is 2.28. The predicted octanol–water partition coefficient (Wildman–Crippen LogP) is 5.29. The maximum atomic E-state index is 13.0. The van der Waals surface area contributed by atoms with E-state index in [1.807, 2.05) is 31.2 Å². The Morgan fingerprint density at radius 2 is 2.00 bits per heavy atom. The lowest BCUT2D eigenvalue weighted by atomic mass is 9.83. The molecule has 38 heavy (non-hydrogen) atoms.